The molecule has 0 heterocycles. The average Bonchev–Trinajstić information content (AvgIpc) is 2.07. The van der Waals surface area contributed by atoms with Crippen molar-refractivity contribution in [1.29, 1.82) is 0 Å². The standard InChI is InChI=1S/B4H8O15P2.2Na.2H/c5-1(6)15-20(13,16-2(7)8)19-21(14,17-3(9)10)18-4(11)12;;;;/h5-12H;;;;/q;2*+1;2*-1. The van der Waals surface area contributed by atoms with Gasteiger partial charge >= 0.3 is 104 Å². The molecule has 0 unspecified atom stereocenters. The van der Waals surface area contributed by atoms with Gasteiger partial charge in [0.15, 0.2) is 0 Å². The summed E-state index contributed by atoms with van der Waals surface area (Å²) in [5, 5.41) is 67.4. The van der Waals surface area contributed by atoms with E-state index in [0.717, 1.165) is 0 Å². The van der Waals surface area contributed by atoms with E-state index in [4.69, 9.17) is 40.2 Å². The van der Waals surface area contributed by atoms with Gasteiger partial charge in [0, 0.05) is 0 Å². The summed E-state index contributed by atoms with van der Waals surface area (Å²) in [5.74, 6) is 0. The Labute approximate surface area is 177 Å². The van der Waals surface area contributed by atoms with Crippen LogP contribution in [0.4, 0.5) is 0 Å². The Morgan fingerprint density at radius 2 is 0.739 bits per heavy atom. The second kappa shape index (κ2) is 13.4. The largest absolute Gasteiger partial charge is 1.00 e. The molecule has 0 aliphatic rings. The van der Waals surface area contributed by atoms with Crippen LogP contribution in [0.1, 0.15) is 2.85 Å². The van der Waals surface area contributed by atoms with E-state index in [1.807, 2.05) is 0 Å². The molecular weight excluding hydrogens is 391 g/mol. The first-order valence-corrected chi connectivity index (χ1v) is 7.39. The Morgan fingerprint density at radius 1 is 0.565 bits per heavy atom. The molecule has 0 aromatic heterocycles. The Hall–Kier alpha value is 2.20. The van der Waals surface area contributed by atoms with Crippen molar-refractivity contribution < 1.29 is 133 Å². The number of hydrogen-bond acceptors (Lipinski definition) is 15. The van der Waals surface area contributed by atoms with Gasteiger partial charge in [-0.2, -0.15) is 4.31 Å². The van der Waals surface area contributed by atoms with E-state index in [-0.39, 0.29) is 62.0 Å². The third kappa shape index (κ3) is 15.0. The third-order valence-electron chi connectivity index (χ3n) is 1.09. The molecule has 23 heavy (non-hydrogen) atoms. The summed E-state index contributed by atoms with van der Waals surface area (Å²) in [4.78, 5) is 0. The summed E-state index contributed by atoms with van der Waals surface area (Å²) in [5.41, 5.74) is 0. The van der Waals surface area contributed by atoms with Crippen molar-refractivity contribution in [3.05, 3.63) is 0 Å². The molecule has 0 saturated carbocycles. The van der Waals surface area contributed by atoms with E-state index in [9.17, 15) is 9.13 Å². The molecular formula is H10B4Na2O15P2. The van der Waals surface area contributed by atoms with E-state index in [2.05, 4.69) is 22.1 Å². The van der Waals surface area contributed by atoms with Gasteiger partial charge in [0.2, 0.25) is 0 Å². The molecule has 0 aliphatic carbocycles. The summed E-state index contributed by atoms with van der Waals surface area (Å²) in [6, 6.07) is 0. The number of hydrogen-bond donors (Lipinski definition) is 8. The van der Waals surface area contributed by atoms with Crippen LogP contribution in [0, 0.1) is 0 Å². The first kappa shape index (κ1) is 29.9. The zero-order chi connectivity index (χ0) is 16.8. The summed E-state index contributed by atoms with van der Waals surface area (Å²) in [6.45, 7) is 0. The SMILES string of the molecule is O=P(OB(O)O)(OB(O)O)OP(=O)(OB(O)O)OB(O)O.[H-].[H-].[Na+].[Na+]. The quantitative estimate of drug-likeness (QED) is 0.125. The molecule has 0 fully saturated rings. The van der Waals surface area contributed by atoms with Crippen LogP contribution in [0.2, 0.25) is 0 Å². The van der Waals surface area contributed by atoms with Crippen LogP contribution in [0.25, 0.3) is 0 Å². The van der Waals surface area contributed by atoms with Crippen LogP contribution >= 0.6 is 15.6 Å². The van der Waals surface area contributed by atoms with Gasteiger partial charge in [-0.15, -0.1) is 0 Å². The predicted molar refractivity (Wildman–Crippen MR) is 63.6 cm³/mol. The monoisotopic (exact) mass is 402 g/mol. The Bertz CT molecular complexity index is 345. The van der Waals surface area contributed by atoms with E-state index in [1.54, 1.807) is 0 Å². The van der Waals surface area contributed by atoms with Crippen molar-refractivity contribution in [3.63, 3.8) is 0 Å². The van der Waals surface area contributed by atoms with Gasteiger partial charge in [0.1, 0.15) is 0 Å². The maximum absolute atomic E-state index is 11.6. The number of rotatable bonds is 10. The summed E-state index contributed by atoms with van der Waals surface area (Å²) < 4.78 is 41.7. The third-order valence-corrected chi connectivity index (χ3v) is 4.48. The first-order valence-electron chi connectivity index (χ1n) is 4.47. The van der Waals surface area contributed by atoms with Gasteiger partial charge in [-0.05, 0) is 0 Å². The molecule has 0 spiro atoms. The molecule has 0 aromatic carbocycles. The van der Waals surface area contributed by atoms with Crippen molar-refractivity contribution in [3.8, 4) is 0 Å². The molecule has 23 heteroatoms. The molecule has 0 rings (SSSR count). The minimum absolute atomic E-state index is 0. The van der Waals surface area contributed by atoms with Gasteiger partial charge in [0.25, 0.3) is 0 Å². The van der Waals surface area contributed by atoms with Crippen LogP contribution < -0.4 is 59.1 Å². The van der Waals surface area contributed by atoms with E-state index in [0.29, 0.717) is 0 Å². The first-order chi connectivity index (χ1) is 9.37. The van der Waals surface area contributed by atoms with Crippen LogP contribution in [-0.2, 0) is 31.2 Å². The molecule has 0 saturated heterocycles. The van der Waals surface area contributed by atoms with E-state index < -0.39 is 44.9 Å². The van der Waals surface area contributed by atoms with Gasteiger partial charge < -0.3 is 43.0 Å². The van der Waals surface area contributed by atoms with Crippen molar-refractivity contribution >= 4 is 44.9 Å². The van der Waals surface area contributed by atoms with Crippen molar-refractivity contribution in [1.82, 2.24) is 0 Å². The maximum Gasteiger partial charge on any atom is 1.00 e. The zero-order valence-electron chi connectivity index (χ0n) is 13.6. The van der Waals surface area contributed by atoms with Gasteiger partial charge in [-0.3, -0.25) is 17.8 Å². The predicted octanol–water partition coefficient (Wildman–Crippen LogP) is -10.6. The minimum Gasteiger partial charge on any atom is -1.00 e. The fourth-order valence-electron chi connectivity index (χ4n) is 0.711. The van der Waals surface area contributed by atoms with Crippen LogP contribution in [0.3, 0.4) is 0 Å². The second-order valence-corrected chi connectivity index (χ2v) is 5.99. The minimum atomic E-state index is -5.52. The molecule has 0 atom stereocenters. The topological polar surface area (TPSA) is 242 Å². The van der Waals surface area contributed by atoms with Gasteiger partial charge in [0.05, 0.1) is 0 Å². The zero-order valence-corrected chi connectivity index (χ0v) is 17.4. The normalized spacial score (nSPS) is 11.1. The maximum atomic E-state index is 11.6. The van der Waals surface area contributed by atoms with Gasteiger partial charge in [-0.1, -0.05) is 0 Å². The molecule has 0 radical (unpaired) electrons. The molecule has 0 aliphatic heterocycles. The summed E-state index contributed by atoms with van der Waals surface area (Å²) >= 11 is 0. The number of phosphoric acid groups is 2. The fourth-order valence-corrected chi connectivity index (χ4v) is 3.33. The molecule has 15 nitrogen and oxygen atoms in total. The smallest absolute Gasteiger partial charge is 1.00 e. The Balaban J connectivity index is -0.000000333. The van der Waals surface area contributed by atoms with Crippen molar-refractivity contribution in [2.75, 3.05) is 0 Å². The Kier molecular flexibility index (Phi) is 17.4. The fraction of sp³-hybridized carbons (Fsp3) is 0. The van der Waals surface area contributed by atoms with Crippen molar-refractivity contribution in [2.45, 2.75) is 0 Å². The van der Waals surface area contributed by atoms with Crippen molar-refractivity contribution in [2.24, 2.45) is 0 Å². The molecule has 8 N–H and O–H groups in total. The second-order valence-electron chi connectivity index (χ2n) is 2.70. The summed E-state index contributed by atoms with van der Waals surface area (Å²) in [7, 11) is -22.7. The van der Waals surface area contributed by atoms with E-state index >= 15 is 0 Å². The molecule has 0 aromatic rings. The van der Waals surface area contributed by atoms with Crippen LogP contribution in [-0.4, -0.2) is 69.5 Å². The summed E-state index contributed by atoms with van der Waals surface area (Å²) in [6.07, 6.45) is 0. The van der Waals surface area contributed by atoms with E-state index in [1.165, 1.54) is 0 Å². The average molecular weight is 401 g/mol. The molecule has 124 valence electrons. The van der Waals surface area contributed by atoms with Crippen LogP contribution in [0.15, 0.2) is 0 Å². The molecule has 0 bridgehead atoms. The van der Waals surface area contributed by atoms with Crippen LogP contribution in [0.5, 0.6) is 0 Å². The molecule has 0 amide bonds. The Morgan fingerprint density at radius 3 is 0.870 bits per heavy atom. The van der Waals surface area contributed by atoms with Gasteiger partial charge in [-0.25, -0.2) is 9.13 Å².